The third-order valence-electron chi connectivity index (χ3n) is 6.10. The molecule has 0 radical (unpaired) electrons. The second-order valence-electron chi connectivity index (χ2n) is 8.83. The maximum atomic E-state index is 13.1. The van der Waals surface area contributed by atoms with Gasteiger partial charge < -0.3 is 10.2 Å². The molecule has 0 bridgehead atoms. The van der Waals surface area contributed by atoms with Gasteiger partial charge in [-0.15, -0.1) is 23.2 Å². The molecule has 1 N–H and O–H groups in total. The monoisotopic (exact) mass is 568 g/mol. The lowest BCUT2D eigenvalue weighted by Crippen LogP contribution is -2.43. The molecule has 182 valence electrons. The molecule has 2 aliphatic rings. The van der Waals surface area contributed by atoms with Gasteiger partial charge in [0, 0.05) is 48.1 Å². The molecule has 2 aromatic rings. The fraction of sp³-hybridized carbons (Fsp3) is 0.391. The van der Waals surface area contributed by atoms with Crippen LogP contribution >= 0.6 is 58.0 Å². The van der Waals surface area contributed by atoms with Crippen molar-refractivity contribution in [2.45, 2.75) is 29.0 Å². The zero-order valence-corrected chi connectivity index (χ0v) is 21.5. The number of rotatable bonds is 6. The van der Waals surface area contributed by atoms with Crippen LogP contribution in [-0.2, 0) is 4.79 Å². The van der Waals surface area contributed by atoms with Gasteiger partial charge in [0.15, 0.2) is 0 Å². The number of nitrogens with one attached hydrogen (secondary N) is 1. The van der Waals surface area contributed by atoms with Gasteiger partial charge in [-0.1, -0.05) is 34.8 Å². The standard InChI is InChI=1S/C23H19Cl5F2N2O2/c1-32(10-11-8-22(29,30)9-11)21(34)16-7-15(2-3-17(16)26)31-20(33)19-18(23(19,27)28)12-4-13(24)6-14(25)5-12/h2-7,11,18-19H,8-10H2,1H3,(H,31,33). The summed E-state index contributed by atoms with van der Waals surface area (Å²) in [6.45, 7) is 0.189. The topological polar surface area (TPSA) is 49.4 Å². The van der Waals surface area contributed by atoms with Gasteiger partial charge in [0.1, 0.15) is 4.33 Å². The number of carbonyl (C=O) groups is 2. The Morgan fingerprint density at radius 2 is 1.68 bits per heavy atom. The molecular weight excluding hydrogens is 552 g/mol. The largest absolute Gasteiger partial charge is 0.341 e. The molecule has 2 unspecified atom stereocenters. The van der Waals surface area contributed by atoms with Gasteiger partial charge in [0.2, 0.25) is 11.8 Å². The third kappa shape index (κ3) is 5.26. The molecule has 0 spiro atoms. The minimum absolute atomic E-state index is 0.144. The summed E-state index contributed by atoms with van der Waals surface area (Å²) < 4.78 is 24.9. The lowest BCUT2D eigenvalue weighted by atomic mass is 9.81. The SMILES string of the molecule is CN(CC1CC(F)(F)C1)C(=O)c1cc(NC(=O)C2C(c3cc(Cl)cc(Cl)c3)C2(Cl)Cl)ccc1Cl. The van der Waals surface area contributed by atoms with Gasteiger partial charge in [0.05, 0.1) is 16.5 Å². The van der Waals surface area contributed by atoms with Crippen molar-refractivity contribution >= 4 is 75.5 Å². The minimum atomic E-state index is -2.66. The van der Waals surface area contributed by atoms with Gasteiger partial charge in [-0.05, 0) is 47.9 Å². The lowest BCUT2D eigenvalue weighted by molar-refractivity contribution is -0.117. The number of anilines is 1. The number of carbonyl (C=O) groups excluding carboxylic acids is 2. The Balaban J connectivity index is 1.45. The van der Waals surface area contributed by atoms with Crippen molar-refractivity contribution in [3.05, 3.63) is 62.6 Å². The van der Waals surface area contributed by atoms with E-state index in [4.69, 9.17) is 58.0 Å². The van der Waals surface area contributed by atoms with Gasteiger partial charge in [-0.25, -0.2) is 8.78 Å². The van der Waals surface area contributed by atoms with Crippen LogP contribution in [0, 0.1) is 11.8 Å². The Morgan fingerprint density at radius 3 is 2.26 bits per heavy atom. The van der Waals surface area contributed by atoms with Crippen LogP contribution in [0.5, 0.6) is 0 Å². The van der Waals surface area contributed by atoms with Crippen LogP contribution in [0.1, 0.15) is 34.7 Å². The molecule has 2 amide bonds. The van der Waals surface area contributed by atoms with E-state index >= 15 is 0 Å². The number of benzene rings is 2. The summed E-state index contributed by atoms with van der Waals surface area (Å²) in [5, 5.41) is 3.69. The van der Waals surface area contributed by atoms with E-state index in [1.54, 1.807) is 24.3 Å². The fourth-order valence-corrected chi connectivity index (χ4v) is 5.97. The molecular formula is C23H19Cl5F2N2O2. The van der Waals surface area contributed by atoms with Crippen molar-refractivity contribution in [2.24, 2.45) is 11.8 Å². The fourth-order valence-electron chi connectivity index (χ4n) is 4.40. The lowest BCUT2D eigenvalue weighted by Gasteiger charge is -2.37. The van der Waals surface area contributed by atoms with Gasteiger partial charge in [-0.3, -0.25) is 9.59 Å². The normalized spacial score (nSPS) is 22.6. The summed E-state index contributed by atoms with van der Waals surface area (Å²) in [5.74, 6) is -5.10. The van der Waals surface area contributed by atoms with E-state index in [1.807, 2.05) is 0 Å². The first kappa shape index (κ1) is 25.8. The Labute approximate surface area is 220 Å². The zero-order chi connectivity index (χ0) is 25.0. The first-order valence-corrected chi connectivity index (χ1v) is 12.2. The van der Waals surface area contributed by atoms with Crippen molar-refractivity contribution in [1.82, 2.24) is 4.90 Å². The van der Waals surface area contributed by atoms with Gasteiger partial charge in [-0.2, -0.15) is 0 Å². The minimum Gasteiger partial charge on any atom is -0.341 e. The van der Waals surface area contributed by atoms with E-state index in [9.17, 15) is 18.4 Å². The Hall–Kier alpha value is -1.31. The molecule has 0 saturated heterocycles. The molecule has 0 heterocycles. The Morgan fingerprint density at radius 1 is 1.06 bits per heavy atom. The van der Waals surface area contributed by atoms with Crippen LogP contribution in [0.4, 0.5) is 14.5 Å². The summed E-state index contributed by atoms with van der Waals surface area (Å²) in [7, 11) is 1.53. The summed E-state index contributed by atoms with van der Waals surface area (Å²) in [5.41, 5.74) is 1.10. The summed E-state index contributed by atoms with van der Waals surface area (Å²) in [6.07, 6.45) is -0.485. The molecule has 0 aliphatic heterocycles. The predicted octanol–water partition coefficient (Wildman–Crippen LogP) is 7.29. The number of alkyl halides is 4. The molecule has 2 aromatic carbocycles. The van der Waals surface area contributed by atoms with E-state index in [0.717, 1.165) is 0 Å². The van der Waals surface area contributed by atoms with Crippen molar-refractivity contribution in [2.75, 3.05) is 18.9 Å². The number of hydrogen-bond acceptors (Lipinski definition) is 2. The van der Waals surface area contributed by atoms with Crippen LogP contribution in [0.3, 0.4) is 0 Å². The molecule has 4 nitrogen and oxygen atoms in total. The van der Waals surface area contributed by atoms with Crippen LogP contribution in [-0.4, -0.2) is 40.6 Å². The van der Waals surface area contributed by atoms with Crippen LogP contribution in [0.25, 0.3) is 0 Å². The Kier molecular flexibility index (Phi) is 7.04. The molecule has 0 aromatic heterocycles. The van der Waals surface area contributed by atoms with Gasteiger partial charge in [0.25, 0.3) is 5.91 Å². The molecule has 34 heavy (non-hydrogen) atoms. The highest BCUT2D eigenvalue weighted by atomic mass is 35.5. The maximum absolute atomic E-state index is 13.1. The van der Waals surface area contributed by atoms with Crippen molar-refractivity contribution in [1.29, 1.82) is 0 Å². The molecule has 11 heteroatoms. The maximum Gasteiger partial charge on any atom is 0.255 e. The van der Waals surface area contributed by atoms with Gasteiger partial charge >= 0.3 is 0 Å². The summed E-state index contributed by atoms with van der Waals surface area (Å²) in [4.78, 5) is 27.2. The molecule has 2 atom stereocenters. The zero-order valence-electron chi connectivity index (χ0n) is 17.7. The quantitative estimate of drug-likeness (QED) is 0.371. The molecule has 4 rings (SSSR count). The molecule has 2 saturated carbocycles. The Bertz CT molecular complexity index is 1130. The smallest absolute Gasteiger partial charge is 0.255 e. The first-order valence-electron chi connectivity index (χ1n) is 10.4. The number of nitrogens with zero attached hydrogens (tertiary/aromatic N) is 1. The molecule has 2 aliphatic carbocycles. The van der Waals surface area contributed by atoms with E-state index in [0.29, 0.717) is 21.3 Å². The van der Waals surface area contributed by atoms with E-state index < -0.39 is 33.9 Å². The van der Waals surface area contributed by atoms with Crippen LogP contribution in [0.2, 0.25) is 15.1 Å². The average molecular weight is 571 g/mol. The van der Waals surface area contributed by atoms with E-state index in [2.05, 4.69) is 5.32 Å². The predicted molar refractivity (Wildman–Crippen MR) is 132 cm³/mol. The second-order valence-corrected chi connectivity index (χ2v) is 11.6. The average Bonchev–Trinajstić information content (AvgIpc) is 3.29. The highest BCUT2D eigenvalue weighted by Crippen LogP contribution is 2.65. The van der Waals surface area contributed by atoms with Crippen molar-refractivity contribution in [3.8, 4) is 0 Å². The number of hydrogen-bond donors (Lipinski definition) is 1. The van der Waals surface area contributed by atoms with Crippen molar-refractivity contribution < 1.29 is 18.4 Å². The second kappa shape index (κ2) is 9.29. The summed E-state index contributed by atoms with van der Waals surface area (Å²) in [6, 6.07) is 9.32. The highest BCUT2D eigenvalue weighted by Gasteiger charge is 2.67. The summed E-state index contributed by atoms with van der Waals surface area (Å²) >= 11 is 31.1. The first-order chi connectivity index (χ1) is 15.8. The third-order valence-corrected chi connectivity index (χ3v) is 7.80. The van der Waals surface area contributed by atoms with Crippen molar-refractivity contribution in [3.63, 3.8) is 0 Å². The van der Waals surface area contributed by atoms with Crippen LogP contribution in [0.15, 0.2) is 36.4 Å². The van der Waals surface area contributed by atoms with Crippen LogP contribution < -0.4 is 5.32 Å². The van der Waals surface area contributed by atoms with E-state index in [1.165, 1.54) is 24.1 Å². The molecule has 2 fully saturated rings. The number of amides is 2. The highest BCUT2D eigenvalue weighted by molar-refractivity contribution is 6.53. The van der Waals surface area contributed by atoms with E-state index in [-0.39, 0.29) is 35.9 Å². The number of halogens is 7.